The second-order valence-corrected chi connectivity index (χ2v) is 6.73. The summed E-state index contributed by atoms with van der Waals surface area (Å²) in [6.45, 7) is 4.21. The van der Waals surface area contributed by atoms with Crippen molar-refractivity contribution in [2.75, 3.05) is 27.0 Å². The number of hydrogen-bond donors (Lipinski definition) is 0. The van der Waals surface area contributed by atoms with Crippen molar-refractivity contribution in [3.63, 3.8) is 0 Å². The quantitative estimate of drug-likeness (QED) is 0.712. The zero-order chi connectivity index (χ0) is 13.6. The minimum atomic E-state index is -2.57. The fraction of sp³-hybridized carbons (Fsp3) is 0.538. The van der Waals surface area contributed by atoms with Crippen molar-refractivity contribution in [3.05, 3.63) is 23.8 Å². The molecule has 0 bridgehead atoms. The molecule has 0 fully saturated rings. The molecule has 1 aromatic carbocycles. The molecule has 18 heavy (non-hydrogen) atoms. The third kappa shape index (κ3) is 3.76. The Morgan fingerprint density at radius 3 is 2.28 bits per heavy atom. The largest absolute Gasteiger partial charge is 0.493 e. The molecule has 102 valence electrons. The molecular weight excluding hydrogens is 251 g/mol. The van der Waals surface area contributed by atoms with E-state index in [0.717, 1.165) is 5.56 Å². The average molecular weight is 272 g/mol. The van der Waals surface area contributed by atoms with E-state index in [1.807, 2.05) is 32.0 Å². The predicted octanol–water partition coefficient (Wildman–Crippen LogP) is 3.54. The maximum atomic E-state index is 12.4. The maximum absolute atomic E-state index is 12.4. The van der Waals surface area contributed by atoms with Gasteiger partial charge < -0.3 is 14.0 Å². The summed E-state index contributed by atoms with van der Waals surface area (Å²) in [5.74, 6) is 1.32. The summed E-state index contributed by atoms with van der Waals surface area (Å²) >= 11 is 0. The van der Waals surface area contributed by atoms with Crippen LogP contribution in [0.1, 0.15) is 19.4 Å². The molecule has 1 atom stereocenters. The van der Waals surface area contributed by atoms with Crippen LogP contribution in [0.15, 0.2) is 18.2 Å². The van der Waals surface area contributed by atoms with Gasteiger partial charge in [-0.2, -0.15) is 0 Å². The summed E-state index contributed by atoms with van der Waals surface area (Å²) in [4.78, 5) is 0. The molecule has 1 rings (SSSR count). The van der Waals surface area contributed by atoms with Crippen LogP contribution >= 0.6 is 7.37 Å². The highest BCUT2D eigenvalue weighted by Crippen LogP contribution is 2.50. The third-order valence-electron chi connectivity index (χ3n) is 2.72. The van der Waals surface area contributed by atoms with E-state index < -0.39 is 7.37 Å². The normalized spacial score (nSPS) is 14.0. The molecule has 1 unspecified atom stereocenters. The second-order valence-electron chi connectivity index (χ2n) is 3.90. The molecular formula is C13H21O4P. The summed E-state index contributed by atoms with van der Waals surface area (Å²) in [5.41, 5.74) is 0.936. The first-order valence-corrected chi connectivity index (χ1v) is 8.01. The van der Waals surface area contributed by atoms with E-state index in [9.17, 15) is 4.57 Å². The fourth-order valence-corrected chi connectivity index (χ4v) is 3.46. The highest BCUT2D eigenvalue weighted by Gasteiger charge is 2.21. The van der Waals surface area contributed by atoms with Crippen LogP contribution in [-0.2, 0) is 15.3 Å². The van der Waals surface area contributed by atoms with Gasteiger partial charge in [-0.3, -0.25) is 4.57 Å². The molecule has 0 amide bonds. The van der Waals surface area contributed by atoms with Gasteiger partial charge in [-0.25, -0.2) is 0 Å². The monoisotopic (exact) mass is 272 g/mol. The number of rotatable bonds is 7. The summed E-state index contributed by atoms with van der Waals surface area (Å²) in [7, 11) is 0.606. The van der Waals surface area contributed by atoms with E-state index in [0.29, 0.717) is 30.4 Å². The molecule has 0 aliphatic carbocycles. The number of benzene rings is 1. The lowest BCUT2D eigenvalue weighted by molar-refractivity contribution is 0.332. The number of hydrogen-bond acceptors (Lipinski definition) is 4. The van der Waals surface area contributed by atoms with Gasteiger partial charge in [0.2, 0.25) is 7.37 Å². The van der Waals surface area contributed by atoms with Crippen molar-refractivity contribution in [1.29, 1.82) is 0 Å². The second kappa shape index (κ2) is 6.81. The lowest BCUT2D eigenvalue weighted by Crippen LogP contribution is -1.98. The Morgan fingerprint density at radius 1 is 1.11 bits per heavy atom. The van der Waals surface area contributed by atoms with Gasteiger partial charge in [0.1, 0.15) is 0 Å². The molecule has 0 aromatic heterocycles. The van der Waals surface area contributed by atoms with Crippen LogP contribution in [0.3, 0.4) is 0 Å². The highest BCUT2D eigenvalue weighted by atomic mass is 31.2. The van der Waals surface area contributed by atoms with E-state index in [1.165, 1.54) is 0 Å². The summed E-state index contributed by atoms with van der Waals surface area (Å²) in [6.07, 6.45) is 0.965. The Labute approximate surface area is 109 Å². The van der Waals surface area contributed by atoms with Gasteiger partial charge in [-0.15, -0.1) is 0 Å². The first-order valence-electron chi connectivity index (χ1n) is 6.02. The summed E-state index contributed by atoms with van der Waals surface area (Å²) in [5, 5.41) is 0. The summed E-state index contributed by atoms with van der Waals surface area (Å²) < 4.78 is 28.2. The van der Waals surface area contributed by atoms with E-state index in [1.54, 1.807) is 14.2 Å². The molecule has 0 aliphatic rings. The van der Waals surface area contributed by atoms with E-state index in [4.69, 9.17) is 14.0 Å². The predicted molar refractivity (Wildman–Crippen MR) is 73.0 cm³/mol. The van der Waals surface area contributed by atoms with E-state index in [2.05, 4.69) is 0 Å². The van der Waals surface area contributed by atoms with Crippen LogP contribution in [0.5, 0.6) is 11.5 Å². The van der Waals surface area contributed by atoms with Crippen molar-refractivity contribution in [2.45, 2.75) is 20.0 Å². The molecule has 0 radical (unpaired) electrons. The molecule has 0 saturated heterocycles. The standard InChI is InChI=1S/C13H21O4P/c1-5-17-18(14,6-2)10-11-7-8-12(15-3)13(9-11)16-4/h7-9H,5-6,10H2,1-4H3. The molecule has 5 heteroatoms. The van der Waals surface area contributed by atoms with Gasteiger partial charge in [0.15, 0.2) is 11.5 Å². The Balaban J connectivity index is 2.94. The Morgan fingerprint density at radius 2 is 1.78 bits per heavy atom. The SMILES string of the molecule is CCOP(=O)(CC)Cc1ccc(OC)c(OC)c1. The Hall–Kier alpha value is -0.990. The zero-order valence-corrected chi connectivity index (χ0v) is 12.3. The zero-order valence-electron chi connectivity index (χ0n) is 11.4. The van der Waals surface area contributed by atoms with Crippen LogP contribution in [0, 0.1) is 0 Å². The lowest BCUT2D eigenvalue weighted by Gasteiger charge is -2.17. The Bertz CT molecular complexity index is 431. The lowest BCUT2D eigenvalue weighted by atomic mass is 10.2. The summed E-state index contributed by atoms with van der Waals surface area (Å²) in [6, 6.07) is 5.56. The Kier molecular flexibility index (Phi) is 5.70. The van der Waals surface area contributed by atoms with Crippen molar-refractivity contribution >= 4 is 7.37 Å². The van der Waals surface area contributed by atoms with Crippen LogP contribution in [0.2, 0.25) is 0 Å². The van der Waals surface area contributed by atoms with Gasteiger partial charge in [0.05, 0.1) is 20.8 Å². The third-order valence-corrected chi connectivity index (χ3v) is 5.26. The minimum absolute atomic E-state index is 0.428. The topological polar surface area (TPSA) is 44.8 Å². The molecule has 0 heterocycles. The van der Waals surface area contributed by atoms with Crippen molar-refractivity contribution in [3.8, 4) is 11.5 Å². The van der Waals surface area contributed by atoms with Crippen LogP contribution < -0.4 is 9.47 Å². The van der Waals surface area contributed by atoms with Crippen LogP contribution in [-0.4, -0.2) is 27.0 Å². The first kappa shape index (κ1) is 15.1. The average Bonchev–Trinajstić information content (AvgIpc) is 2.38. The fourth-order valence-electron chi connectivity index (χ4n) is 1.74. The smallest absolute Gasteiger partial charge is 0.207 e. The van der Waals surface area contributed by atoms with Crippen LogP contribution in [0.4, 0.5) is 0 Å². The van der Waals surface area contributed by atoms with Gasteiger partial charge >= 0.3 is 0 Å². The molecule has 0 N–H and O–H groups in total. The molecule has 0 saturated carbocycles. The van der Waals surface area contributed by atoms with E-state index in [-0.39, 0.29) is 0 Å². The highest BCUT2D eigenvalue weighted by molar-refractivity contribution is 7.58. The number of ether oxygens (including phenoxy) is 2. The number of methoxy groups -OCH3 is 2. The van der Waals surface area contributed by atoms with Crippen molar-refractivity contribution in [2.24, 2.45) is 0 Å². The molecule has 1 aromatic rings. The van der Waals surface area contributed by atoms with Gasteiger partial charge in [-0.1, -0.05) is 13.0 Å². The molecule has 4 nitrogen and oxygen atoms in total. The minimum Gasteiger partial charge on any atom is -0.493 e. The van der Waals surface area contributed by atoms with Crippen molar-refractivity contribution in [1.82, 2.24) is 0 Å². The van der Waals surface area contributed by atoms with Gasteiger partial charge in [-0.05, 0) is 24.6 Å². The van der Waals surface area contributed by atoms with Crippen molar-refractivity contribution < 1.29 is 18.6 Å². The van der Waals surface area contributed by atoms with Gasteiger partial charge in [0.25, 0.3) is 0 Å². The van der Waals surface area contributed by atoms with Crippen LogP contribution in [0.25, 0.3) is 0 Å². The molecule has 0 spiro atoms. The van der Waals surface area contributed by atoms with E-state index >= 15 is 0 Å². The molecule has 0 aliphatic heterocycles. The maximum Gasteiger partial charge on any atom is 0.207 e. The van der Waals surface area contributed by atoms with Gasteiger partial charge in [0, 0.05) is 12.3 Å². The first-order chi connectivity index (χ1) is 8.58.